The Labute approximate surface area is 459 Å². The van der Waals surface area contributed by atoms with Crippen molar-refractivity contribution in [3.63, 3.8) is 0 Å². The lowest BCUT2D eigenvalue weighted by atomic mass is 9.78. The Morgan fingerprint density at radius 3 is 2.29 bits per heavy atom. The SMILES string of the molecule is Cn1c(=O)n(C2CCC(=O)NC2=O)c2ccc(C[C@H]3CC[C@@H](CC(=O)N4CC[C@H]5CC[C@@H](C(=O)N[C@@H](CCC(N)=O)COc6ccc(S(C)(=O)=O)cc6)N5C(=O)[C@@H](NC(=O)c5cc6cc(C(=O)P(=O)(O)O)ccc6[nH]5)C4)CC3)cc21. The molecule has 4 aliphatic rings. The van der Waals surface area contributed by atoms with E-state index in [1.807, 2.05) is 18.2 Å². The number of piperidine rings is 1. The van der Waals surface area contributed by atoms with Crippen molar-refractivity contribution in [2.45, 2.75) is 119 Å². The normalized spacial score (nSPS) is 22.3. The summed E-state index contributed by atoms with van der Waals surface area (Å²) >= 11 is 0. The number of carbonyl (C=O) groups is 8. The molecule has 5 atom stereocenters. The van der Waals surface area contributed by atoms with E-state index >= 15 is 4.79 Å². The van der Waals surface area contributed by atoms with E-state index in [4.69, 9.17) is 10.5 Å². The van der Waals surface area contributed by atoms with Gasteiger partial charge in [-0.15, -0.1) is 0 Å². The first-order valence-electron chi connectivity index (χ1n) is 26.6. The summed E-state index contributed by atoms with van der Waals surface area (Å²) in [6.45, 7) is -0.168. The molecule has 80 heavy (non-hydrogen) atoms. The van der Waals surface area contributed by atoms with Gasteiger partial charge in [-0.25, -0.2) is 13.2 Å². The fourth-order valence-electron chi connectivity index (χ4n) is 11.7. The predicted molar refractivity (Wildman–Crippen MR) is 289 cm³/mol. The average molecular weight is 1140 g/mol. The van der Waals surface area contributed by atoms with E-state index in [0.29, 0.717) is 41.1 Å². The van der Waals surface area contributed by atoms with Gasteiger partial charge < -0.3 is 45.7 Å². The summed E-state index contributed by atoms with van der Waals surface area (Å²) in [7, 11) is -6.94. The van der Waals surface area contributed by atoms with Gasteiger partial charge in [0.1, 0.15) is 36.2 Å². The van der Waals surface area contributed by atoms with Gasteiger partial charge in [-0.2, -0.15) is 0 Å². The molecule has 3 aromatic carbocycles. The molecular weight excluding hydrogens is 1080 g/mol. The average Bonchev–Trinajstić information content (AvgIpc) is 4.27. The Morgan fingerprint density at radius 1 is 0.875 bits per heavy atom. The van der Waals surface area contributed by atoms with Gasteiger partial charge in [0.05, 0.1) is 22.0 Å². The largest absolute Gasteiger partial charge is 0.491 e. The summed E-state index contributed by atoms with van der Waals surface area (Å²) in [5, 5.41) is 8.32. The number of imidazole rings is 1. The number of sulfone groups is 1. The molecule has 1 aliphatic carbocycles. The molecule has 5 aromatic rings. The van der Waals surface area contributed by atoms with Crippen LogP contribution in [0.4, 0.5) is 0 Å². The fraction of sp³-hybridized carbons (Fsp3) is 0.463. The number of nitrogens with two attached hydrogens (primary N) is 1. The summed E-state index contributed by atoms with van der Waals surface area (Å²) in [6, 6.07) is 12.1. The molecule has 1 unspecified atom stereocenters. The van der Waals surface area contributed by atoms with Crippen LogP contribution in [0, 0.1) is 11.8 Å². The van der Waals surface area contributed by atoms with Crippen LogP contribution in [0.3, 0.4) is 0 Å². The number of aryl methyl sites for hydroxylation is 1. The highest BCUT2D eigenvalue weighted by Crippen LogP contribution is 2.40. The molecule has 9 rings (SSSR count). The number of amides is 7. The highest BCUT2D eigenvalue weighted by Gasteiger charge is 2.46. The fourth-order valence-corrected chi connectivity index (χ4v) is 12.8. The molecule has 3 aliphatic heterocycles. The molecule has 0 radical (unpaired) electrons. The van der Waals surface area contributed by atoms with Gasteiger partial charge >= 0.3 is 13.3 Å². The van der Waals surface area contributed by atoms with Crippen molar-refractivity contribution in [1.29, 1.82) is 0 Å². The molecule has 2 aromatic heterocycles. The number of carbonyl (C=O) groups excluding carboxylic acids is 8. The van der Waals surface area contributed by atoms with E-state index in [-0.39, 0.29) is 103 Å². The zero-order valence-corrected chi connectivity index (χ0v) is 45.8. The lowest BCUT2D eigenvalue weighted by Crippen LogP contribution is -2.61. The predicted octanol–water partition coefficient (Wildman–Crippen LogP) is 2.48. The maximum Gasteiger partial charge on any atom is 0.396 e. The quantitative estimate of drug-likeness (QED) is 0.0490. The second-order valence-corrected chi connectivity index (χ2v) is 25.1. The van der Waals surface area contributed by atoms with Crippen molar-refractivity contribution in [2.24, 2.45) is 24.6 Å². The smallest absolute Gasteiger partial charge is 0.396 e. The minimum Gasteiger partial charge on any atom is -0.491 e. The molecule has 5 heterocycles. The van der Waals surface area contributed by atoms with Gasteiger partial charge in [0, 0.05) is 68.2 Å². The van der Waals surface area contributed by atoms with Crippen molar-refractivity contribution in [1.82, 2.24) is 39.9 Å². The van der Waals surface area contributed by atoms with E-state index in [0.717, 1.165) is 43.9 Å². The Balaban J connectivity index is 0.888. The number of fused-ring (bicyclic) bond motifs is 3. The maximum atomic E-state index is 15.0. The van der Waals surface area contributed by atoms with Crippen LogP contribution in [0.15, 0.2) is 76.4 Å². The van der Waals surface area contributed by atoms with Crippen LogP contribution in [0.2, 0.25) is 0 Å². The van der Waals surface area contributed by atoms with Crippen LogP contribution < -0.4 is 32.1 Å². The molecule has 3 saturated heterocycles. The number of H-pyrrole nitrogens is 1. The Morgan fingerprint density at radius 2 is 1.60 bits per heavy atom. The van der Waals surface area contributed by atoms with Crippen LogP contribution in [0.5, 0.6) is 5.75 Å². The van der Waals surface area contributed by atoms with Crippen molar-refractivity contribution < 1.29 is 65.9 Å². The lowest BCUT2D eigenvalue weighted by molar-refractivity contribution is -0.145. The monoisotopic (exact) mass is 1140 g/mol. The second-order valence-electron chi connectivity index (χ2n) is 21.5. The minimum atomic E-state index is -5.12. The van der Waals surface area contributed by atoms with Gasteiger partial charge in [-0.3, -0.25) is 57.4 Å². The van der Waals surface area contributed by atoms with E-state index in [2.05, 4.69) is 20.9 Å². The first-order valence-corrected chi connectivity index (χ1v) is 30.1. The first-order chi connectivity index (χ1) is 37.9. The zero-order chi connectivity index (χ0) is 57.4. The summed E-state index contributed by atoms with van der Waals surface area (Å²) in [5.74, 6) is -3.02. The Hall–Kier alpha value is -7.47. The molecular formula is C54H64N9O15PS. The number of hydrogen-bond acceptors (Lipinski definition) is 13. The zero-order valence-electron chi connectivity index (χ0n) is 44.1. The minimum absolute atomic E-state index is 0.0295. The Kier molecular flexibility index (Phi) is 16.7. The van der Waals surface area contributed by atoms with Crippen LogP contribution >= 0.6 is 7.60 Å². The molecule has 8 N–H and O–H groups in total. The number of aromatic nitrogens is 3. The Bertz CT molecular complexity index is 3520. The molecule has 0 spiro atoms. The number of nitrogens with zero attached hydrogens (tertiary/aromatic N) is 4. The summed E-state index contributed by atoms with van der Waals surface area (Å²) in [6.07, 6.45) is 6.45. The second kappa shape index (κ2) is 23.3. The van der Waals surface area contributed by atoms with Gasteiger partial charge in [-0.05, 0) is 142 Å². The van der Waals surface area contributed by atoms with Crippen molar-refractivity contribution in [3.8, 4) is 5.75 Å². The number of hydrogen-bond donors (Lipinski definition) is 7. The molecule has 426 valence electrons. The highest BCUT2D eigenvalue weighted by molar-refractivity contribution is 7.90. The first kappa shape index (κ1) is 57.2. The van der Waals surface area contributed by atoms with Crippen LogP contribution in [0.1, 0.15) is 110 Å². The van der Waals surface area contributed by atoms with Gasteiger partial charge in [0.25, 0.3) is 11.4 Å². The summed E-state index contributed by atoms with van der Waals surface area (Å²) in [5.41, 5.74) is 6.04. The number of rotatable bonds is 18. The molecule has 7 amide bonds. The number of primary amides is 1. The highest BCUT2D eigenvalue weighted by atomic mass is 32.2. The van der Waals surface area contributed by atoms with Gasteiger partial charge in [0.2, 0.25) is 35.4 Å². The van der Waals surface area contributed by atoms with E-state index in [9.17, 15) is 61.1 Å². The van der Waals surface area contributed by atoms with Crippen molar-refractivity contribution in [3.05, 3.63) is 94.0 Å². The number of ether oxygens (including phenoxy) is 1. The number of aromatic amines is 1. The van der Waals surface area contributed by atoms with Crippen molar-refractivity contribution >= 4 is 86.2 Å². The van der Waals surface area contributed by atoms with E-state index < -0.39 is 82.7 Å². The third-order valence-corrected chi connectivity index (χ3v) is 17.9. The molecule has 24 nitrogen and oxygen atoms in total. The third kappa shape index (κ3) is 12.8. The van der Waals surface area contributed by atoms with E-state index in [1.54, 1.807) is 11.9 Å². The van der Waals surface area contributed by atoms with Crippen molar-refractivity contribution in [2.75, 3.05) is 26.0 Å². The van der Waals surface area contributed by atoms with Crippen LogP contribution in [-0.2, 0) is 56.6 Å². The standard InChI is InChI=1S/C54H64N9O15PS/c1-60-45-24-32(7-16-42(45)63(54(60)72)44-18-20-47(65)59-51(44)69)23-30-3-5-31(6-4-30)25-48(66)61-22-21-36-10-17-43(50(68)56-35(9-19-46(55)64)29-78-37-11-13-38(14-12-37)80(2,76)77)62(36)52(70)41(28-61)58-49(67)40-27-34-26-33(8-15-39(34)57-40)53(71)79(73,74)75/h7-8,11-16,24,26-27,30-31,35-36,41,43-44,57H,3-6,9-10,17-23,25,28-29H2,1-2H3,(H2,55,64)(H,56,68)(H,58,67)(H,59,65,69)(H2,73,74,75)/t30-,31+,35-,36+,41-,43-,44?/m0/s1. The van der Waals surface area contributed by atoms with Gasteiger partial charge in [-0.1, -0.05) is 6.07 Å². The third-order valence-electron chi connectivity index (χ3n) is 15.9. The summed E-state index contributed by atoms with van der Waals surface area (Å²) < 4.78 is 44.6. The molecule has 26 heteroatoms. The molecule has 4 fully saturated rings. The molecule has 0 bridgehead atoms. The van der Waals surface area contributed by atoms with Crippen LogP contribution in [-0.4, -0.2) is 139 Å². The maximum absolute atomic E-state index is 15.0. The number of imide groups is 1. The van der Waals surface area contributed by atoms with Gasteiger partial charge in [0.15, 0.2) is 9.84 Å². The summed E-state index contributed by atoms with van der Waals surface area (Å²) in [4.78, 5) is 145. The lowest BCUT2D eigenvalue weighted by Gasteiger charge is -2.39. The number of nitrogens with one attached hydrogen (secondary N) is 4. The molecule has 1 saturated carbocycles. The number of benzene rings is 3. The topological polar surface area (TPSA) is 349 Å². The van der Waals surface area contributed by atoms with Crippen LogP contribution in [0.25, 0.3) is 21.9 Å². The van der Waals surface area contributed by atoms with E-state index in [1.165, 1.54) is 62.6 Å².